The van der Waals surface area contributed by atoms with Crippen LogP contribution in [-0.2, 0) is 0 Å². The highest BCUT2D eigenvalue weighted by atomic mass is 16.4. The summed E-state index contributed by atoms with van der Waals surface area (Å²) in [6.45, 7) is 1.94. The Hall–Kier alpha value is -2.75. The minimum absolute atomic E-state index is 0.00796. The molecule has 0 unspecified atom stereocenters. The van der Waals surface area contributed by atoms with Crippen molar-refractivity contribution in [2.75, 3.05) is 0 Å². The summed E-state index contributed by atoms with van der Waals surface area (Å²) in [4.78, 5) is 12.0. The van der Waals surface area contributed by atoms with Gasteiger partial charge in [-0.2, -0.15) is 0 Å². The van der Waals surface area contributed by atoms with E-state index in [0.29, 0.717) is 10.9 Å². The Morgan fingerprint density at radius 1 is 1.05 bits per heavy atom. The first-order chi connectivity index (χ1) is 9.56. The fraction of sp³-hybridized carbons (Fsp3) is 0.0625. The van der Waals surface area contributed by atoms with Crippen molar-refractivity contribution in [1.82, 2.24) is 0 Å². The molecule has 0 spiro atoms. The van der Waals surface area contributed by atoms with E-state index in [9.17, 15) is 15.0 Å². The molecule has 2 N–H and O–H groups in total. The molecule has 4 heteroatoms. The van der Waals surface area contributed by atoms with Gasteiger partial charge >= 0.3 is 5.63 Å². The Morgan fingerprint density at radius 2 is 1.85 bits per heavy atom. The maximum absolute atomic E-state index is 12.0. The van der Waals surface area contributed by atoms with Crippen molar-refractivity contribution in [3.8, 4) is 22.6 Å². The minimum atomic E-state index is -0.552. The molecule has 0 aliphatic heterocycles. The van der Waals surface area contributed by atoms with Gasteiger partial charge in [0.2, 0.25) is 5.75 Å². The largest absolute Gasteiger partial charge is 0.504 e. The predicted octanol–water partition coefficient (Wildman–Crippen LogP) is 3.18. The van der Waals surface area contributed by atoms with E-state index in [1.54, 1.807) is 12.1 Å². The summed E-state index contributed by atoms with van der Waals surface area (Å²) in [6.07, 6.45) is 0. The van der Waals surface area contributed by atoms with Gasteiger partial charge in [0.1, 0.15) is 0 Å². The summed E-state index contributed by atoms with van der Waals surface area (Å²) in [5, 5.41) is 19.7. The average Bonchev–Trinajstić information content (AvgIpc) is 2.43. The zero-order valence-corrected chi connectivity index (χ0v) is 10.8. The van der Waals surface area contributed by atoms with Crippen molar-refractivity contribution < 1.29 is 14.6 Å². The molecule has 0 radical (unpaired) electrons. The average molecular weight is 268 g/mol. The van der Waals surface area contributed by atoms with Crippen molar-refractivity contribution in [2.24, 2.45) is 0 Å². The molecule has 0 aliphatic carbocycles. The van der Waals surface area contributed by atoms with Crippen LogP contribution in [0.1, 0.15) is 5.56 Å². The third-order valence-electron chi connectivity index (χ3n) is 3.18. The van der Waals surface area contributed by atoms with Crippen LogP contribution in [0.25, 0.3) is 22.1 Å². The molecule has 1 heterocycles. The van der Waals surface area contributed by atoms with Crippen molar-refractivity contribution >= 4 is 11.0 Å². The first kappa shape index (κ1) is 12.3. The summed E-state index contributed by atoms with van der Waals surface area (Å²) >= 11 is 0. The number of hydrogen-bond acceptors (Lipinski definition) is 4. The van der Waals surface area contributed by atoms with Gasteiger partial charge in [-0.25, -0.2) is 4.79 Å². The summed E-state index contributed by atoms with van der Waals surface area (Å²) in [5.74, 6) is -0.737. The Balaban J connectivity index is 2.31. The van der Waals surface area contributed by atoms with Crippen LogP contribution in [0.5, 0.6) is 11.5 Å². The molecular weight excluding hydrogens is 256 g/mol. The van der Waals surface area contributed by atoms with Crippen LogP contribution >= 0.6 is 0 Å². The SMILES string of the molecule is Cc1cccc(-c2cc3ccc(O)c(O)c3oc2=O)c1. The molecule has 20 heavy (non-hydrogen) atoms. The lowest BCUT2D eigenvalue weighted by molar-refractivity contribution is 0.398. The molecule has 0 aliphatic rings. The molecular formula is C16H12O4. The lowest BCUT2D eigenvalue weighted by Crippen LogP contribution is -2.02. The van der Waals surface area contributed by atoms with Crippen molar-refractivity contribution in [2.45, 2.75) is 6.92 Å². The Bertz CT molecular complexity index is 862. The summed E-state index contributed by atoms with van der Waals surface area (Å²) in [7, 11) is 0. The van der Waals surface area contributed by atoms with Gasteiger partial charge in [-0.1, -0.05) is 29.8 Å². The zero-order valence-electron chi connectivity index (χ0n) is 10.8. The summed E-state index contributed by atoms with van der Waals surface area (Å²) in [5.41, 5.74) is 1.66. The number of rotatable bonds is 1. The molecule has 0 fully saturated rings. The van der Waals surface area contributed by atoms with Crippen molar-refractivity contribution in [3.63, 3.8) is 0 Å². The Labute approximate surface area is 114 Å². The van der Waals surface area contributed by atoms with Crippen LogP contribution in [0.2, 0.25) is 0 Å². The van der Waals surface area contributed by atoms with E-state index in [2.05, 4.69) is 0 Å². The number of aromatic hydroxyl groups is 2. The number of phenolic OH excluding ortho intramolecular Hbond substituents is 2. The van der Waals surface area contributed by atoms with Gasteiger partial charge in [0, 0.05) is 5.39 Å². The fourth-order valence-corrected chi connectivity index (χ4v) is 2.17. The zero-order chi connectivity index (χ0) is 14.3. The molecule has 4 nitrogen and oxygen atoms in total. The van der Waals surface area contributed by atoms with Gasteiger partial charge in [0.25, 0.3) is 0 Å². The Kier molecular flexibility index (Phi) is 2.71. The molecule has 0 amide bonds. The molecule has 0 atom stereocenters. The predicted molar refractivity (Wildman–Crippen MR) is 76.0 cm³/mol. The van der Waals surface area contributed by atoms with E-state index in [1.165, 1.54) is 6.07 Å². The first-order valence-electron chi connectivity index (χ1n) is 6.12. The van der Waals surface area contributed by atoms with Gasteiger partial charge in [0.15, 0.2) is 11.3 Å². The third kappa shape index (κ3) is 1.91. The van der Waals surface area contributed by atoms with E-state index in [0.717, 1.165) is 11.1 Å². The molecule has 100 valence electrons. The van der Waals surface area contributed by atoms with Gasteiger partial charge in [0.05, 0.1) is 5.56 Å². The first-order valence-corrected chi connectivity index (χ1v) is 6.12. The van der Waals surface area contributed by atoms with Gasteiger partial charge < -0.3 is 14.6 Å². The van der Waals surface area contributed by atoms with E-state index >= 15 is 0 Å². The maximum atomic E-state index is 12.0. The van der Waals surface area contributed by atoms with E-state index < -0.39 is 11.4 Å². The van der Waals surface area contributed by atoms with Crippen LogP contribution in [0.15, 0.2) is 51.7 Å². The van der Waals surface area contributed by atoms with Gasteiger partial charge in [-0.3, -0.25) is 0 Å². The number of phenols is 2. The number of benzene rings is 2. The smallest absolute Gasteiger partial charge is 0.344 e. The highest BCUT2D eigenvalue weighted by Crippen LogP contribution is 2.34. The second-order valence-electron chi connectivity index (χ2n) is 4.67. The van der Waals surface area contributed by atoms with E-state index in [1.807, 2.05) is 31.2 Å². The summed E-state index contributed by atoms with van der Waals surface area (Å²) < 4.78 is 5.13. The standard InChI is InChI=1S/C16H12O4/c1-9-3-2-4-10(7-9)12-8-11-5-6-13(17)14(18)15(11)20-16(12)19/h2-8,17-18H,1H3. The second-order valence-corrected chi connectivity index (χ2v) is 4.67. The fourth-order valence-electron chi connectivity index (χ4n) is 2.17. The van der Waals surface area contributed by atoms with Crippen LogP contribution < -0.4 is 5.63 Å². The highest BCUT2D eigenvalue weighted by Gasteiger charge is 2.12. The van der Waals surface area contributed by atoms with Crippen LogP contribution in [0.3, 0.4) is 0 Å². The second kappa shape index (κ2) is 4.42. The number of aryl methyl sites for hydroxylation is 1. The highest BCUT2D eigenvalue weighted by molar-refractivity contribution is 5.87. The normalized spacial score (nSPS) is 10.8. The molecule has 2 aromatic carbocycles. The van der Waals surface area contributed by atoms with Crippen LogP contribution in [0, 0.1) is 6.92 Å². The Morgan fingerprint density at radius 3 is 2.60 bits per heavy atom. The third-order valence-corrected chi connectivity index (χ3v) is 3.18. The lowest BCUT2D eigenvalue weighted by Gasteiger charge is -2.05. The monoisotopic (exact) mass is 268 g/mol. The molecule has 1 aromatic heterocycles. The quantitative estimate of drug-likeness (QED) is 0.525. The van der Waals surface area contributed by atoms with E-state index in [4.69, 9.17) is 4.42 Å². The van der Waals surface area contributed by atoms with Crippen LogP contribution in [-0.4, -0.2) is 10.2 Å². The molecule has 0 saturated heterocycles. The molecule has 3 rings (SSSR count). The van der Waals surface area contributed by atoms with Crippen molar-refractivity contribution in [1.29, 1.82) is 0 Å². The maximum Gasteiger partial charge on any atom is 0.344 e. The lowest BCUT2D eigenvalue weighted by atomic mass is 10.0. The molecule has 3 aromatic rings. The minimum Gasteiger partial charge on any atom is -0.504 e. The number of hydrogen-bond donors (Lipinski definition) is 2. The van der Waals surface area contributed by atoms with Gasteiger partial charge in [-0.15, -0.1) is 0 Å². The van der Waals surface area contributed by atoms with E-state index in [-0.39, 0.29) is 11.3 Å². The molecule has 0 saturated carbocycles. The van der Waals surface area contributed by atoms with Gasteiger partial charge in [-0.05, 0) is 30.7 Å². The topological polar surface area (TPSA) is 70.7 Å². The molecule has 0 bridgehead atoms. The van der Waals surface area contributed by atoms with Crippen LogP contribution in [0.4, 0.5) is 0 Å². The van der Waals surface area contributed by atoms with Crippen molar-refractivity contribution in [3.05, 3.63) is 58.4 Å². The number of fused-ring (bicyclic) bond motifs is 1. The summed E-state index contributed by atoms with van der Waals surface area (Å²) in [6, 6.07) is 12.1.